The number of methoxy groups -OCH3 is 1. The smallest absolute Gasteiger partial charge is 0.252 e. The maximum atomic E-state index is 14.3. The number of benzene rings is 4. The summed E-state index contributed by atoms with van der Waals surface area (Å²) in [6.07, 6.45) is 0.0529. The molecule has 0 aromatic heterocycles. The van der Waals surface area contributed by atoms with Crippen LogP contribution in [0.3, 0.4) is 0 Å². The number of nitrogens with zero attached hydrogens (tertiary/aromatic N) is 1. The van der Waals surface area contributed by atoms with E-state index in [2.05, 4.69) is 5.32 Å². The summed E-state index contributed by atoms with van der Waals surface area (Å²) in [5.74, 6) is 0.827. The van der Waals surface area contributed by atoms with E-state index in [-0.39, 0.29) is 29.6 Å². The lowest BCUT2D eigenvalue weighted by atomic mass is 9.85. The minimum Gasteiger partial charge on any atom is -0.497 e. The second kappa shape index (κ2) is 15.1. The number of hydrogen-bond acceptors (Lipinski definition) is 8. The van der Waals surface area contributed by atoms with Gasteiger partial charge in [0.15, 0.2) is 21.5 Å². The van der Waals surface area contributed by atoms with Crippen LogP contribution < -0.4 is 14.8 Å². The van der Waals surface area contributed by atoms with Crippen molar-refractivity contribution in [2.45, 2.75) is 35.8 Å². The molecule has 1 aliphatic heterocycles. The monoisotopic (exact) mass is 642 g/mol. The van der Waals surface area contributed by atoms with Gasteiger partial charge in [0.2, 0.25) is 5.90 Å². The highest BCUT2D eigenvalue weighted by Gasteiger charge is 2.53. The van der Waals surface area contributed by atoms with Gasteiger partial charge < -0.3 is 24.6 Å². The molecule has 46 heavy (non-hydrogen) atoms. The van der Waals surface area contributed by atoms with Crippen molar-refractivity contribution >= 4 is 21.6 Å². The standard InChI is InChI=1S/C36H38N2O7S/c1-43-31-13-8-10-27(26-31)20-22-37-35(40)36(21-25-46(41,42)32-14-6-3-7-15-32)33(28-11-4-2-5-12-28)45-34(38-36)29-16-18-30(19-17-29)44-24-9-23-39/h2-8,10-19,26,33,39H,9,20-25H2,1H3,(H,37,40)/t33-,36-/m1/s1. The highest BCUT2D eigenvalue weighted by molar-refractivity contribution is 7.91. The highest BCUT2D eigenvalue weighted by atomic mass is 32.2. The fraction of sp³-hybridized carbons (Fsp3) is 0.278. The zero-order valence-corrected chi connectivity index (χ0v) is 26.5. The predicted octanol–water partition coefficient (Wildman–Crippen LogP) is 4.94. The van der Waals surface area contributed by atoms with E-state index >= 15 is 0 Å². The molecular weight excluding hydrogens is 604 g/mol. The van der Waals surface area contributed by atoms with E-state index in [1.165, 1.54) is 0 Å². The van der Waals surface area contributed by atoms with Gasteiger partial charge >= 0.3 is 0 Å². The fourth-order valence-corrected chi connectivity index (χ4v) is 6.72. The number of carbonyl (C=O) groups is 1. The molecule has 10 heteroatoms. The zero-order chi connectivity index (χ0) is 32.4. The van der Waals surface area contributed by atoms with Crippen LogP contribution in [-0.4, -0.2) is 63.5 Å². The fourth-order valence-electron chi connectivity index (χ4n) is 5.34. The largest absolute Gasteiger partial charge is 0.497 e. The van der Waals surface area contributed by atoms with Crippen LogP contribution in [0.5, 0.6) is 11.5 Å². The number of carbonyl (C=O) groups excluding carboxylic acids is 1. The molecule has 0 saturated heterocycles. The van der Waals surface area contributed by atoms with Crippen LogP contribution in [0.2, 0.25) is 0 Å². The topological polar surface area (TPSA) is 124 Å². The van der Waals surface area contributed by atoms with Crippen LogP contribution >= 0.6 is 0 Å². The van der Waals surface area contributed by atoms with Gasteiger partial charge in [0.05, 0.1) is 24.4 Å². The third-order valence-corrected chi connectivity index (χ3v) is 9.55. The number of hydrogen-bond donors (Lipinski definition) is 2. The molecule has 0 fully saturated rings. The highest BCUT2D eigenvalue weighted by Crippen LogP contribution is 2.43. The molecule has 0 saturated carbocycles. The van der Waals surface area contributed by atoms with Gasteiger partial charge in [0.1, 0.15) is 11.5 Å². The molecule has 0 aliphatic carbocycles. The molecule has 0 spiro atoms. The van der Waals surface area contributed by atoms with Crippen LogP contribution in [0, 0.1) is 0 Å². The molecule has 0 unspecified atom stereocenters. The molecule has 9 nitrogen and oxygen atoms in total. The van der Waals surface area contributed by atoms with Crippen molar-refractivity contribution in [3.8, 4) is 11.5 Å². The van der Waals surface area contributed by atoms with Gasteiger partial charge in [0, 0.05) is 31.6 Å². The van der Waals surface area contributed by atoms with Gasteiger partial charge in [-0.15, -0.1) is 0 Å². The van der Waals surface area contributed by atoms with E-state index in [0.29, 0.717) is 42.9 Å². The quantitative estimate of drug-likeness (QED) is 0.176. The number of ether oxygens (including phenoxy) is 3. The Labute approximate surface area is 269 Å². The van der Waals surface area contributed by atoms with Crippen molar-refractivity contribution in [2.24, 2.45) is 4.99 Å². The minimum atomic E-state index is -3.75. The molecule has 0 bridgehead atoms. The van der Waals surface area contributed by atoms with Crippen molar-refractivity contribution < 1.29 is 32.5 Å². The second-order valence-corrected chi connectivity index (χ2v) is 13.0. The molecule has 1 amide bonds. The molecule has 2 N–H and O–H groups in total. The Hall–Kier alpha value is -4.67. The number of sulfone groups is 1. The van der Waals surface area contributed by atoms with Crippen LogP contribution in [0.25, 0.3) is 0 Å². The van der Waals surface area contributed by atoms with Gasteiger partial charge in [-0.2, -0.15) is 0 Å². The van der Waals surface area contributed by atoms with E-state index in [0.717, 1.165) is 11.3 Å². The molecule has 2 atom stereocenters. The Morgan fingerprint density at radius 2 is 1.65 bits per heavy atom. The first-order valence-electron chi connectivity index (χ1n) is 15.2. The number of aliphatic hydroxyl groups is 1. The van der Waals surface area contributed by atoms with Crippen molar-refractivity contribution in [1.29, 1.82) is 0 Å². The molecule has 4 aromatic rings. The normalized spacial score (nSPS) is 17.5. The Morgan fingerprint density at radius 3 is 2.35 bits per heavy atom. The second-order valence-electron chi connectivity index (χ2n) is 10.9. The van der Waals surface area contributed by atoms with E-state index in [1.807, 2.05) is 54.6 Å². The van der Waals surface area contributed by atoms with Crippen LogP contribution in [-0.2, 0) is 25.8 Å². The zero-order valence-electron chi connectivity index (χ0n) is 25.7. The van der Waals surface area contributed by atoms with Gasteiger partial charge in [-0.05, 0) is 66.1 Å². The predicted molar refractivity (Wildman–Crippen MR) is 176 cm³/mol. The van der Waals surface area contributed by atoms with Gasteiger partial charge in [-0.1, -0.05) is 60.7 Å². The summed E-state index contributed by atoms with van der Waals surface area (Å²) in [6, 6.07) is 32.2. The van der Waals surface area contributed by atoms with Crippen LogP contribution in [0.15, 0.2) is 119 Å². The summed E-state index contributed by atoms with van der Waals surface area (Å²) in [5, 5.41) is 12.1. The number of amides is 1. The number of aliphatic hydroxyl groups excluding tert-OH is 1. The Bertz CT molecular complexity index is 1730. The first-order chi connectivity index (χ1) is 22.3. The maximum Gasteiger partial charge on any atom is 0.252 e. The van der Waals surface area contributed by atoms with Gasteiger partial charge in [-0.25, -0.2) is 13.4 Å². The summed E-state index contributed by atoms with van der Waals surface area (Å²) < 4.78 is 44.5. The first kappa shape index (κ1) is 32.7. The summed E-state index contributed by atoms with van der Waals surface area (Å²) >= 11 is 0. The average molecular weight is 643 g/mol. The van der Waals surface area contributed by atoms with Crippen molar-refractivity contribution in [3.05, 3.63) is 126 Å². The van der Waals surface area contributed by atoms with Crippen molar-refractivity contribution in [3.63, 3.8) is 0 Å². The summed E-state index contributed by atoms with van der Waals surface area (Å²) in [7, 11) is -2.15. The molecule has 1 heterocycles. The molecule has 240 valence electrons. The van der Waals surface area contributed by atoms with E-state index in [1.54, 1.807) is 61.7 Å². The first-order valence-corrected chi connectivity index (χ1v) is 16.8. The lowest BCUT2D eigenvalue weighted by Crippen LogP contribution is -2.49. The minimum absolute atomic E-state index is 0.0350. The summed E-state index contributed by atoms with van der Waals surface area (Å²) in [5.41, 5.74) is 0.717. The Morgan fingerprint density at radius 1 is 0.935 bits per heavy atom. The average Bonchev–Trinajstić information content (AvgIpc) is 3.50. The molecule has 4 aromatic carbocycles. The third-order valence-electron chi connectivity index (χ3n) is 7.82. The van der Waals surface area contributed by atoms with E-state index in [9.17, 15) is 13.2 Å². The number of aliphatic imine (C=N–C) groups is 1. The third kappa shape index (κ3) is 7.75. The van der Waals surface area contributed by atoms with Gasteiger partial charge in [0.25, 0.3) is 5.91 Å². The molecular formula is C36H38N2O7S. The molecule has 0 radical (unpaired) electrons. The Kier molecular flexibility index (Phi) is 10.7. The molecule has 5 rings (SSSR count). The number of rotatable bonds is 15. The lowest BCUT2D eigenvalue weighted by Gasteiger charge is -2.30. The summed E-state index contributed by atoms with van der Waals surface area (Å²) in [6.45, 7) is 0.705. The van der Waals surface area contributed by atoms with Gasteiger partial charge in [-0.3, -0.25) is 4.79 Å². The van der Waals surface area contributed by atoms with Crippen molar-refractivity contribution in [2.75, 3.05) is 32.6 Å². The van der Waals surface area contributed by atoms with Crippen LogP contribution in [0.4, 0.5) is 0 Å². The van der Waals surface area contributed by atoms with Crippen LogP contribution in [0.1, 0.15) is 35.6 Å². The SMILES string of the molecule is COc1cccc(CCNC(=O)[C@]2(CCS(=O)(=O)c3ccccc3)N=C(c3ccc(OCCCO)cc3)O[C@@H]2c2ccccc2)c1. The lowest BCUT2D eigenvalue weighted by molar-refractivity contribution is -0.129. The molecule has 1 aliphatic rings. The van der Waals surface area contributed by atoms with E-state index in [4.69, 9.17) is 24.3 Å². The van der Waals surface area contributed by atoms with E-state index < -0.39 is 27.4 Å². The number of nitrogens with one attached hydrogen (secondary N) is 1. The summed E-state index contributed by atoms with van der Waals surface area (Å²) in [4.78, 5) is 19.4. The van der Waals surface area contributed by atoms with Crippen molar-refractivity contribution in [1.82, 2.24) is 5.32 Å². The maximum absolute atomic E-state index is 14.3. The Balaban J connectivity index is 1.49.